The van der Waals surface area contributed by atoms with Crippen LogP contribution >= 0.6 is 11.3 Å². The Morgan fingerprint density at radius 1 is 1.28 bits per heavy atom. The van der Waals surface area contributed by atoms with Gasteiger partial charge in [0.2, 0.25) is 0 Å². The van der Waals surface area contributed by atoms with Gasteiger partial charge in [-0.25, -0.2) is 0 Å². The van der Waals surface area contributed by atoms with E-state index in [1.807, 2.05) is 60.8 Å². The first-order chi connectivity index (χ1) is 12.0. The van der Waals surface area contributed by atoms with Crippen LogP contribution in [0.1, 0.15) is 30.3 Å². The van der Waals surface area contributed by atoms with Crippen LogP contribution in [-0.4, -0.2) is 32.8 Å². The summed E-state index contributed by atoms with van der Waals surface area (Å²) in [5.74, 6) is 0.133. The fourth-order valence-corrected chi connectivity index (χ4v) is 3.25. The lowest BCUT2D eigenvalue weighted by atomic mass is 10.0. The highest BCUT2D eigenvalue weighted by Crippen LogP contribution is 2.25. The first-order valence-corrected chi connectivity index (χ1v) is 9.11. The van der Waals surface area contributed by atoms with Gasteiger partial charge >= 0.3 is 0 Å². The van der Waals surface area contributed by atoms with Gasteiger partial charge in [-0.05, 0) is 35.1 Å². The largest absolute Gasteiger partial charge is 0.386 e. The molecule has 0 saturated carbocycles. The van der Waals surface area contributed by atoms with Crippen LogP contribution in [0.15, 0.2) is 46.9 Å². The van der Waals surface area contributed by atoms with E-state index >= 15 is 0 Å². The van der Waals surface area contributed by atoms with Gasteiger partial charge in [0.1, 0.15) is 0 Å². The Morgan fingerprint density at radius 3 is 2.56 bits per heavy atom. The molecule has 1 heterocycles. The zero-order valence-corrected chi connectivity index (χ0v) is 15.9. The van der Waals surface area contributed by atoms with Gasteiger partial charge in [0, 0.05) is 24.7 Å². The van der Waals surface area contributed by atoms with Gasteiger partial charge in [0.15, 0.2) is 6.61 Å². The lowest BCUT2D eigenvalue weighted by Crippen LogP contribution is -2.33. The molecule has 0 radical (unpaired) electrons. The second-order valence-electron chi connectivity index (χ2n) is 6.30. The zero-order valence-electron chi connectivity index (χ0n) is 15.1. The van der Waals surface area contributed by atoms with Crippen LogP contribution in [0, 0.1) is 5.92 Å². The quantitative estimate of drug-likeness (QED) is 0.578. The van der Waals surface area contributed by atoms with Gasteiger partial charge in [-0.3, -0.25) is 4.79 Å². The number of amides is 1. The molecule has 1 N–H and O–H groups in total. The second kappa shape index (κ2) is 9.22. The lowest BCUT2D eigenvalue weighted by Gasteiger charge is -2.20. The molecule has 2 rings (SSSR count). The molecule has 2 aromatic rings. The van der Waals surface area contributed by atoms with E-state index in [1.165, 1.54) is 0 Å². The summed E-state index contributed by atoms with van der Waals surface area (Å²) in [5, 5.41) is 8.89. The summed E-state index contributed by atoms with van der Waals surface area (Å²) in [5.41, 5.74) is 2.04. The molecule has 0 saturated heterocycles. The Labute approximate surface area is 153 Å². The first kappa shape index (κ1) is 19.0. The minimum atomic E-state index is -0.174. The molecule has 0 spiro atoms. The molecule has 1 amide bonds. The molecule has 0 aliphatic carbocycles. The van der Waals surface area contributed by atoms with Crippen molar-refractivity contribution in [3.8, 4) is 0 Å². The number of carbonyl (C=O) groups excluding carboxylic acids is 1. The van der Waals surface area contributed by atoms with E-state index in [4.69, 9.17) is 4.84 Å². The predicted molar refractivity (Wildman–Crippen MR) is 104 cm³/mol. The second-order valence-corrected chi connectivity index (χ2v) is 7.28. The minimum Gasteiger partial charge on any atom is -0.386 e. The van der Waals surface area contributed by atoms with Crippen LogP contribution in [-0.2, 0) is 9.63 Å². The number of rotatable bonds is 8. The Balaban J connectivity index is 1.81. The van der Waals surface area contributed by atoms with E-state index in [2.05, 4.69) is 24.3 Å². The van der Waals surface area contributed by atoms with Gasteiger partial charge in [-0.15, -0.1) is 11.3 Å². The Morgan fingerprint density at radius 2 is 2.00 bits per heavy atom. The first-order valence-electron chi connectivity index (χ1n) is 8.23. The van der Waals surface area contributed by atoms with Crippen LogP contribution in [0.2, 0.25) is 0 Å². The summed E-state index contributed by atoms with van der Waals surface area (Å²) < 4.78 is 0. The average Bonchev–Trinajstić information content (AvgIpc) is 3.11. The van der Waals surface area contributed by atoms with Crippen molar-refractivity contribution >= 4 is 29.1 Å². The van der Waals surface area contributed by atoms with E-state index in [-0.39, 0.29) is 18.6 Å². The maximum Gasteiger partial charge on any atom is 0.261 e. The Bertz CT molecular complexity index is 679. The van der Waals surface area contributed by atoms with Crippen LogP contribution < -0.4 is 10.2 Å². The van der Waals surface area contributed by atoms with Crippen molar-refractivity contribution in [1.82, 2.24) is 5.32 Å². The van der Waals surface area contributed by atoms with Crippen molar-refractivity contribution in [2.45, 2.75) is 19.9 Å². The van der Waals surface area contributed by atoms with E-state index in [0.29, 0.717) is 5.92 Å². The topological polar surface area (TPSA) is 53.9 Å². The summed E-state index contributed by atoms with van der Waals surface area (Å²) in [4.78, 5) is 20.4. The summed E-state index contributed by atoms with van der Waals surface area (Å²) >= 11 is 1.64. The van der Waals surface area contributed by atoms with E-state index in [1.54, 1.807) is 17.6 Å². The lowest BCUT2D eigenvalue weighted by molar-refractivity contribution is -0.126. The number of thiophene rings is 1. The molecule has 134 valence electrons. The average molecular weight is 359 g/mol. The highest BCUT2D eigenvalue weighted by atomic mass is 32.1. The summed E-state index contributed by atoms with van der Waals surface area (Å²) in [6.07, 6.45) is 1.60. The molecule has 0 unspecified atom stereocenters. The number of anilines is 1. The fourth-order valence-electron chi connectivity index (χ4n) is 2.30. The van der Waals surface area contributed by atoms with E-state index < -0.39 is 0 Å². The third-order valence-electron chi connectivity index (χ3n) is 3.71. The zero-order chi connectivity index (χ0) is 18.2. The molecule has 0 bridgehead atoms. The smallest absolute Gasteiger partial charge is 0.261 e. The molecule has 1 aromatic carbocycles. The standard InChI is InChI=1S/C19H25N3O2S/c1-14(2)19(17-6-5-11-25-17)21-18(23)13-24-20-12-15-7-9-16(10-8-15)22(3)4/h5-12,14,19H,13H2,1-4H3,(H,21,23)/t19-/m1/s1. The number of hydrogen-bond acceptors (Lipinski definition) is 5. The summed E-state index contributed by atoms with van der Waals surface area (Å²) in [7, 11) is 3.98. The minimum absolute atomic E-state index is 0.00124. The monoisotopic (exact) mass is 359 g/mol. The van der Waals surface area contributed by atoms with Gasteiger partial charge < -0.3 is 15.1 Å². The van der Waals surface area contributed by atoms with Crippen molar-refractivity contribution in [2.24, 2.45) is 11.1 Å². The molecule has 25 heavy (non-hydrogen) atoms. The molecule has 5 nitrogen and oxygen atoms in total. The molecule has 0 aliphatic heterocycles. The SMILES string of the molecule is CC(C)[C@@H](NC(=O)CON=Cc1ccc(N(C)C)cc1)c1cccs1. The molecule has 0 fully saturated rings. The van der Waals surface area contributed by atoms with Crippen LogP contribution in [0.5, 0.6) is 0 Å². The predicted octanol–water partition coefficient (Wildman–Crippen LogP) is 3.68. The van der Waals surface area contributed by atoms with Crippen LogP contribution in [0.3, 0.4) is 0 Å². The third kappa shape index (κ3) is 5.90. The number of nitrogens with zero attached hydrogens (tertiary/aromatic N) is 2. The van der Waals surface area contributed by atoms with E-state index in [9.17, 15) is 4.79 Å². The summed E-state index contributed by atoms with van der Waals surface area (Å²) in [6.45, 7) is 4.07. The summed E-state index contributed by atoms with van der Waals surface area (Å²) in [6, 6.07) is 11.9. The number of carbonyl (C=O) groups is 1. The van der Waals surface area contributed by atoms with Crippen molar-refractivity contribution in [1.29, 1.82) is 0 Å². The van der Waals surface area contributed by atoms with Gasteiger partial charge in [-0.1, -0.05) is 37.2 Å². The number of hydrogen-bond donors (Lipinski definition) is 1. The van der Waals surface area contributed by atoms with Crippen molar-refractivity contribution in [3.63, 3.8) is 0 Å². The molecule has 1 atom stereocenters. The van der Waals surface area contributed by atoms with Crippen molar-refractivity contribution in [2.75, 3.05) is 25.6 Å². The Hall–Kier alpha value is -2.34. The van der Waals surface area contributed by atoms with E-state index in [0.717, 1.165) is 16.1 Å². The van der Waals surface area contributed by atoms with Gasteiger partial charge in [-0.2, -0.15) is 0 Å². The van der Waals surface area contributed by atoms with Crippen molar-refractivity contribution in [3.05, 3.63) is 52.2 Å². The normalized spacial score (nSPS) is 12.4. The van der Waals surface area contributed by atoms with Gasteiger partial charge in [0.25, 0.3) is 5.91 Å². The molecular formula is C19H25N3O2S. The fraction of sp³-hybridized carbons (Fsp3) is 0.368. The maximum atomic E-state index is 12.1. The molecular weight excluding hydrogens is 334 g/mol. The molecule has 6 heteroatoms. The molecule has 1 aromatic heterocycles. The highest BCUT2D eigenvalue weighted by molar-refractivity contribution is 7.10. The van der Waals surface area contributed by atoms with Crippen LogP contribution in [0.4, 0.5) is 5.69 Å². The number of benzene rings is 1. The molecule has 0 aliphatic rings. The third-order valence-corrected chi connectivity index (χ3v) is 4.67. The Kier molecular flexibility index (Phi) is 7.01. The van der Waals surface area contributed by atoms with Crippen LogP contribution in [0.25, 0.3) is 0 Å². The maximum absolute atomic E-state index is 12.1. The van der Waals surface area contributed by atoms with Crippen molar-refractivity contribution < 1.29 is 9.63 Å². The number of oxime groups is 1. The highest BCUT2D eigenvalue weighted by Gasteiger charge is 2.19. The van der Waals surface area contributed by atoms with Gasteiger partial charge in [0.05, 0.1) is 12.3 Å². The number of nitrogens with one attached hydrogen (secondary N) is 1.